The van der Waals surface area contributed by atoms with Crippen LogP contribution in [-0.4, -0.2) is 13.1 Å². The number of para-hydroxylation sites is 1. The maximum Gasteiger partial charge on any atom is 0.311 e. The average Bonchev–Trinajstić information content (AvgIpc) is 2.20. The second kappa shape index (κ2) is 4.91. The molecule has 0 amide bonds. The minimum absolute atomic E-state index is 0.301. The standard InChI is InChI=1S/C10H12O3S/c1-3-9(11)13-10-7(12-2)5-4-6-8(10)14/h4-6,14H,3H2,1-2H3. The predicted octanol–water partition coefficient (Wildman–Crippen LogP) is 2.30. The minimum atomic E-state index is -0.301. The van der Waals surface area contributed by atoms with E-state index < -0.39 is 0 Å². The summed E-state index contributed by atoms with van der Waals surface area (Å²) < 4.78 is 10.1. The summed E-state index contributed by atoms with van der Waals surface area (Å²) in [4.78, 5) is 11.7. The molecule has 0 aliphatic heterocycles. The first-order chi connectivity index (χ1) is 6.69. The van der Waals surface area contributed by atoms with Crippen LogP contribution in [0.25, 0.3) is 0 Å². The third-order valence-corrected chi connectivity index (χ3v) is 2.03. The monoisotopic (exact) mass is 212 g/mol. The van der Waals surface area contributed by atoms with E-state index in [1.54, 1.807) is 25.1 Å². The van der Waals surface area contributed by atoms with Crippen LogP contribution in [0, 0.1) is 0 Å². The Morgan fingerprint density at radius 2 is 2.21 bits per heavy atom. The number of methoxy groups -OCH3 is 1. The van der Waals surface area contributed by atoms with Gasteiger partial charge in [-0.2, -0.15) is 0 Å². The van der Waals surface area contributed by atoms with Crippen LogP contribution in [0.1, 0.15) is 13.3 Å². The number of rotatable bonds is 3. The third kappa shape index (κ3) is 2.42. The van der Waals surface area contributed by atoms with Gasteiger partial charge in [0.05, 0.1) is 12.0 Å². The van der Waals surface area contributed by atoms with Gasteiger partial charge in [0.2, 0.25) is 0 Å². The largest absolute Gasteiger partial charge is 0.493 e. The first-order valence-corrected chi connectivity index (χ1v) is 4.70. The van der Waals surface area contributed by atoms with Crippen LogP contribution in [0.5, 0.6) is 11.5 Å². The SMILES string of the molecule is CCC(=O)Oc1c(S)cccc1OC. The highest BCUT2D eigenvalue weighted by Crippen LogP contribution is 2.33. The summed E-state index contributed by atoms with van der Waals surface area (Å²) in [5.41, 5.74) is 0. The van der Waals surface area contributed by atoms with Crippen LogP contribution < -0.4 is 9.47 Å². The van der Waals surface area contributed by atoms with Gasteiger partial charge in [-0.1, -0.05) is 13.0 Å². The smallest absolute Gasteiger partial charge is 0.311 e. The molecule has 0 saturated carbocycles. The van der Waals surface area contributed by atoms with Gasteiger partial charge in [0.1, 0.15) is 0 Å². The molecule has 0 fully saturated rings. The van der Waals surface area contributed by atoms with Gasteiger partial charge in [0, 0.05) is 6.42 Å². The van der Waals surface area contributed by atoms with E-state index in [0.717, 1.165) is 0 Å². The predicted molar refractivity (Wildman–Crippen MR) is 56.2 cm³/mol. The molecule has 1 rings (SSSR count). The zero-order chi connectivity index (χ0) is 10.6. The molecule has 4 heteroatoms. The Morgan fingerprint density at radius 1 is 1.50 bits per heavy atom. The fraction of sp³-hybridized carbons (Fsp3) is 0.300. The van der Waals surface area contributed by atoms with Crippen molar-refractivity contribution < 1.29 is 14.3 Å². The van der Waals surface area contributed by atoms with Gasteiger partial charge in [0.15, 0.2) is 11.5 Å². The van der Waals surface area contributed by atoms with E-state index in [1.807, 2.05) is 0 Å². The molecule has 0 heterocycles. The number of carbonyl (C=O) groups excluding carboxylic acids is 1. The summed E-state index contributed by atoms with van der Waals surface area (Å²) in [6.45, 7) is 1.73. The van der Waals surface area contributed by atoms with Gasteiger partial charge >= 0.3 is 5.97 Å². The summed E-state index contributed by atoms with van der Waals surface area (Å²) in [5, 5.41) is 0. The Bertz CT molecular complexity index is 336. The molecular weight excluding hydrogens is 200 g/mol. The molecule has 3 nitrogen and oxygen atoms in total. The Balaban J connectivity index is 2.98. The molecule has 14 heavy (non-hydrogen) atoms. The summed E-state index contributed by atoms with van der Waals surface area (Å²) in [6, 6.07) is 5.24. The highest BCUT2D eigenvalue weighted by Gasteiger charge is 2.11. The van der Waals surface area contributed by atoms with Gasteiger partial charge in [0.25, 0.3) is 0 Å². The van der Waals surface area contributed by atoms with Gasteiger partial charge < -0.3 is 9.47 Å². The Hall–Kier alpha value is -1.16. The van der Waals surface area contributed by atoms with E-state index in [2.05, 4.69) is 12.6 Å². The van der Waals surface area contributed by atoms with Gasteiger partial charge in [-0.05, 0) is 12.1 Å². The van der Waals surface area contributed by atoms with E-state index in [-0.39, 0.29) is 5.97 Å². The second-order valence-electron chi connectivity index (χ2n) is 2.64. The number of esters is 1. The van der Waals surface area contributed by atoms with E-state index in [9.17, 15) is 4.79 Å². The van der Waals surface area contributed by atoms with E-state index in [0.29, 0.717) is 22.8 Å². The van der Waals surface area contributed by atoms with Crippen LogP contribution in [0.4, 0.5) is 0 Å². The molecule has 0 unspecified atom stereocenters. The first-order valence-electron chi connectivity index (χ1n) is 4.25. The van der Waals surface area contributed by atoms with Crippen LogP contribution in [0.2, 0.25) is 0 Å². The van der Waals surface area contributed by atoms with Gasteiger partial charge in [-0.3, -0.25) is 4.79 Å². The zero-order valence-electron chi connectivity index (χ0n) is 8.11. The van der Waals surface area contributed by atoms with Crippen molar-refractivity contribution in [3.05, 3.63) is 18.2 Å². The van der Waals surface area contributed by atoms with Crippen molar-refractivity contribution in [1.29, 1.82) is 0 Å². The normalized spacial score (nSPS) is 9.64. The summed E-state index contributed by atoms with van der Waals surface area (Å²) in [5.74, 6) is 0.592. The van der Waals surface area contributed by atoms with Crippen LogP contribution in [0.15, 0.2) is 23.1 Å². The molecule has 0 saturated heterocycles. The maximum absolute atomic E-state index is 11.1. The van der Waals surface area contributed by atoms with Crippen LogP contribution in [0.3, 0.4) is 0 Å². The molecule has 0 aliphatic rings. The first kappa shape index (κ1) is 10.9. The molecule has 0 spiro atoms. The maximum atomic E-state index is 11.1. The number of carbonyl (C=O) groups is 1. The Labute approximate surface area is 88.4 Å². The fourth-order valence-electron chi connectivity index (χ4n) is 0.954. The summed E-state index contributed by atoms with van der Waals surface area (Å²) in [6.07, 6.45) is 0.325. The van der Waals surface area contributed by atoms with E-state index in [4.69, 9.17) is 9.47 Å². The summed E-state index contributed by atoms with van der Waals surface area (Å²) in [7, 11) is 1.52. The van der Waals surface area contributed by atoms with Crippen molar-refractivity contribution in [2.45, 2.75) is 18.2 Å². The Kier molecular flexibility index (Phi) is 3.83. The lowest BCUT2D eigenvalue weighted by Crippen LogP contribution is -2.07. The number of hydrogen-bond donors (Lipinski definition) is 1. The lowest BCUT2D eigenvalue weighted by Gasteiger charge is -2.09. The number of ether oxygens (including phenoxy) is 2. The number of thiol groups is 1. The molecule has 0 N–H and O–H groups in total. The lowest BCUT2D eigenvalue weighted by atomic mass is 10.3. The number of benzene rings is 1. The van der Waals surface area contributed by atoms with Gasteiger partial charge in [-0.25, -0.2) is 0 Å². The molecule has 0 aliphatic carbocycles. The number of hydrogen-bond acceptors (Lipinski definition) is 4. The highest BCUT2D eigenvalue weighted by molar-refractivity contribution is 7.80. The minimum Gasteiger partial charge on any atom is -0.493 e. The zero-order valence-corrected chi connectivity index (χ0v) is 9.01. The second-order valence-corrected chi connectivity index (χ2v) is 3.12. The third-order valence-electron chi connectivity index (χ3n) is 1.68. The van der Waals surface area contributed by atoms with Crippen molar-refractivity contribution in [2.24, 2.45) is 0 Å². The fourth-order valence-corrected chi connectivity index (χ4v) is 1.20. The molecule has 1 aromatic rings. The highest BCUT2D eigenvalue weighted by atomic mass is 32.1. The van der Waals surface area contributed by atoms with Crippen LogP contribution >= 0.6 is 12.6 Å². The van der Waals surface area contributed by atoms with E-state index >= 15 is 0 Å². The van der Waals surface area contributed by atoms with Gasteiger partial charge in [-0.15, -0.1) is 12.6 Å². The lowest BCUT2D eigenvalue weighted by molar-refractivity contribution is -0.134. The summed E-state index contributed by atoms with van der Waals surface area (Å²) >= 11 is 4.18. The van der Waals surface area contributed by atoms with Crippen molar-refractivity contribution in [1.82, 2.24) is 0 Å². The molecule has 0 atom stereocenters. The van der Waals surface area contributed by atoms with Crippen molar-refractivity contribution in [3.8, 4) is 11.5 Å². The van der Waals surface area contributed by atoms with E-state index in [1.165, 1.54) is 7.11 Å². The molecule has 0 radical (unpaired) electrons. The van der Waals surface area contributed by atoms with Crippen molar-refractivity contribution in [2.75, 3.05) is 7.11 Å². The molecule has 0 bridgehead atoms. The quantitative estimate of drug-likeness (QED) is 0.474. The molecule has 1 aromatic carbocycles. The molecular formula is C10H12O3S. The topological polar surface area (TPSA) is 35.5 Å². The Morgan fingerprint density at radius 3 is 2.79 bits per heavy atom. The van der Waals surface area contributed by atoms with Crippen molar-refractivity contribution in [3.63, 3.8) is 0 Å². The van der Waals surface area contributed by atoms with Crippen LogP contribution in [-0.2, 0) is 4.79 Å². The molecule has 76 valence electrons. The van der Waals surface area contributed by atoms with Crippen molar-refractivity contribution >= 4 is 18.6 Å². The average molecular weight is 212 g/mol. The molecule has 0 aromatic heterocycles.